The molecular weight excluding hydrogens is 366 g/mol. The summed E-state index contributed by atoms with van der Waals surface area (Å²) >= 11 is 0.307. The Hall–Kier alpha value is -1.25. The van der Waals surface area contributed by atoms with E-state index in [1.165, 1.54) is 29.9 Å². The van der Waals surface area contributed by atoms with Crippen molar-refractivity contribution in [2.24, 2.45) is 0 Å². The predicted molar refractivity (Wildman–Crippen MR) is 108 cm³/mol. The maximum atomic E-state index is 12.5. The first kappa shape index (κ1) is 18.1. The number of hydrogen-bond donors (Lipinski definition) is 2. The number of rotatable bonds is 6. The van der Waals surface area contributed by atoms with Gasteiger partial charge in [0.05, 0.1) is 17.4 Å². The Morgan fingerprint density at radius 2 is 1.96 bits per heavy atom. The largest absolute Gasteiger partial charge is 0.592 e. The van der Waals surface area contributed by atoms with Crippen LogP contribution in [-0.2, 0) is 11.4 Å². The van der Waals surface area contributed by atoms with Crippen molar-refractivity contribution >= 4 is 28.4 Å². The van der Waals surface area contributed by atoms with Gasteiger partial charge < -0.3 is 19.5 Å². The Kier molecular flexibility index (Phi) is 6.01. The van der Waals surface area contributed by atoms with Crippen molar-refractivity contribution < 1.29 is 9.29 Å². The van der Waals surface area contributed by atoms with Crippen LogP contribution in [0, 0.1) is 0 Å². The van der Waals surface area contributed by atoms with Gasteiger partial charge in [-0.3, -0.25) is 0 Å². The van der Waals surface area contributed by atoms with Gasteiger partial charge in [-0.05, 0) is 42.4 Å². The Labute approximate surface area is 162 Å². The highest BCUT2D eigenvalue weighted by atomic mass is 32.2. The summed E-state index contributed by atoms with van der Waals surface area (Å²) in [6.45, 7) is 4.05. The predicted octanol–water partition coefficient (Wildman–Crippen LogP) is 3.50. The van der Waals surface area contributed by atoms with E-state index in [1.807, 2.05) is 24.3 Å². The van der Waals surface area contributed by atoms with E-state index in [4.69, 9.17) is 4.74 Å². The number of piperazine rings is 1. The number of nitrogens with zero attached hydrogens (tertiary/aromatic N) is 1. The fourth-order valence-electron chi connectivity index (χ4n) is 3.49. The Bertz CT molecular complexity index is 712. The molecule has 0 amide bonds. The number of ether oxygens (including phenoxy) is 1. The van der Waals surface area contributed by atoms with Gasteiger partial charge in [0.2, 0.25) is 4.21 Å². The molecule has 4 rings (SSSR count). The summed E-state index contributed by atoms with van der Waals surface area (Å²) in [6, 6.07) is 12.4. The lowest BCUT2D eigenvalue weighted by molar-refractivity contribution is 0.496. The summed E-state index contributed by atoms with van der Waals surface area (Å²) in [5.41, 5.74) is 1.19. The van der Waals surface area contributed by atoms with Crippen LogP contribution in [0.25, 0.3) is 0 Å². The highest BCUT2D eigenvalue weighted by Gasteiger charge is 2.23. The molecule has 26 heavy (non-hydrogen) atoms. The van der Waals surface area contributed by atoms with Crippen molar-refractivity contribution in [1.29, 1.82) is 0 Å². The first-order valence-electron chi connectivity index (χ1n) is 9.29. The van der Waals surface area contributed by atoms with Gasteiger partial charge in [-0.2, -0.15) is 0 Å². The molecule has 0 bridgehead atoms. The zero-order valence-corrected chi connectivity index (χ0v) is 16.4. The minimum atomic E-state index is -1.15. The van der Waals surface area contributed by atoms with Crippen molar-refractivity contribution in [3.05, 3.63) is 36.4 Å². The molecule has 140 valence electrons. The van der Waals surface area contributed by atoms with Gasteiger partial charge in [-0.1, -0.05) is 18.9 Å². The van der Waals surface area contributed by atoms with E-state index >= 15 is 0 Å². The van der Waals surface area contributed by atoms with E-state index in [0.717, 1.165) is 54.0 Å². The van der Waals surface area contributed by atoms with Gasteiger partial charge in [-0.25, -0.2) is 0 Å². The summed E-state index contributed by atoms with van der Waals surface area (Å²) in [5, 5.41) is 4.15. The van der Waals surface area contributed by atoms with E-state index in [2.05, 4.69) is 27.1 Å². The summed E-state index contributed by atoms with van der Waals surface area (Å²) in [6.07, 6.45) is 4.72. The molecule has 0 spiro atoms. The molecule has 1 saturated heterocycles. The average molecular weight is 392 g/mol. The van der Waals surface area contributed by atoms with Gasteiger partial charge in [0.15, 0.2) is 5.06 Å². The van der Waals surface area contributed by atoms with Gasteiger partial charge in [0.1, 0.15) is 5.75 Å². The van der Waals surface area contributed by atoms with Crippen LogP contribution in [0.1, 0.15) is 25.7 Å². The zero-order chi connectivity index (χ0) is 17.8. The fourth-order valence-corrected chi connectivity index (χ4v) is 5.64. The quantitative estimate of drug-likeness (QED) is 0.738. The first-order chi connectivity index (χ1) is 12.8. The minimum absolute atomic E-state index is 0.387. The standard InChI is InChI=1S/C19H25N3O2S2/c23-26(21-15-4-1-2-5-15)19-9-8-18(25-19)24-17-7-3-6-16(14-17)22-12-10-20-11-13-22/h3,6-9,14-15,20-21H,1-2,4-5,10-13H2. The number of benzene rings is 1. The van der Waals surface area contributed by atoms with Gasteiger partial charge >= 0.3 is 0 Å². The highest BCUT2D eigenvalue weighted by molar-refractivity contribution is 7.91. The highest BCUT2D eigenvalue weighted by Crippen LogP contribution is 2.34. The topological polar surface area (TPSA) is 59.6 Å². The van der Waals surface area contributed by atoms with Crippen LogP contribution >= 0.6 is 11.3 Å². The number of nitrogens with one attached hydrogen (secondary N) is 2. The third-order valence-corrected chi connectivity index (χ3v) is 7.40. The molecule has 2 aromatic rings. The molecule has 1 unspecified atom stereocenters. The average Bonchev–Trinajstić information content (AvgIpc) is 3.35. The molecule has 2 aliphatic rings. The molecule has 2 fully saturated rings. The van der Waals surface area contributed by atoms with Crippen molar-refractivity contribution in [3.8, 4) is 10.8 Å². The van der Waals surface area contributed by atoms with Crippen molar-refractivity contribution in [3.63, 3.8) is 0 Å². The van der Waals surface area contributed by atoms with E-state index in [1.54, 1.807) is 0 Å². The molecule has 7 heteroatoms. The monoisotopic (exact) mass is 391 g/mol. The molecule has 1 aromatic heterocycles. The molecule has 1 atom stereocenters. The van der Waals surface area contributed by atoms with E-state index in [9.17, 15) is 4.55 Å². The van der Waals surface area contributed by atoms with Crippen LogP contribution in [0.15, 0.2) is 40.6 Å². The molecule has 0 radical (unpaired) electrons. The second-order valence-electron chi connectivity index (χ2n) is 6.78. The molecule has 1 aliphatic carbocycles. The number of hydrogen-bond acceptors (Lipinski definition) is 6. The molecule has 2 heterocycles. The third-order valence-electron chi connectivity index (χ3n) is 4.89. The van der Waals surface area contributed by atoms with Gasteiger partial charge in [0.25, 0.3) is 0 Å². The molecule has 1 aliphatic heterocycles. The normalized spacial score (nSPS) is 19.7. The number of thiophene rings is 1. The lowest BCUT2D eigenvalue weighted by Crippen LogP contribution is -2.43. The van der Waals surface area contributed by atoms with E-state index < -0.39 is 11.4 Å². The van der Waals surface area contributed by atoms with Gasteiger partial charge in [-0.15, -0.1) is 4.72 Å². The summed E-state index contributed by atoms with van der Waals surface area (Å²) in [5.74, 6) is 0.823. The first-order valence-corrected chi connectivity index (χ1v) is 11.3. The second kappa shape index (κ2) is 8.63. The van der Waals surface area contributed by atoms with Crippen molar-refractivity contribution in [1.82, 2.24) is 10.0 Å². The Morgan fingerprint density at radius 3 is 2.77 bits per heavy atom. The maximum Gasteiger partial charge on any atom is 0.231 e. The van der Waals surface area contributed by atoms with E-state index in [-0.39, 0.29) is 0 Å². The minimum Gasteiger partial charge on any atom is -0.592 e. The molecule has 5 nitrogen and oxygen atoms in total. The zero-order valence-electron chi connectivity index (χ0n) is 14.8. The molecule has 2 N–H and O–H groups in total. The SMILES string of the molecule is [O-][S+](NC1CCCC1)c1ccc(Oc2cccc(N3CCNCC3)c2)s1. The van der Waals surface area contributed by atoms with Crippen LogP contribution in [-0.4, -0.2) is 36.8 Å². The molecule has 1 aromatic carbocycles. The molecule has 1 saturated carbocycles. The summed E-state index contributed by atoms with van der Waals surface area (Å²) in [7, 11) is 0. The van der Waals surface area contributed by atoms with Crippen LogP contribution in [0.3, 0.4) is 0 Å². The van der Waals surface area contributed by atoms with Crippen LogP contribution in [0.4, 0.5) is 5.69 Å². The van der Waals surface area contributed by atoms with Gasteiger partial charge in [0, 0.05) is 44.0 Å². The van der Waals surface area contributed by atoms with E-state index in [0.29, 0.717) is 6.04 Å². The van der Waals surface area contributed by atoms with Crippen molar-refractivity contribution in [2.45, 2.75) is 35.9 Å². The maximum absolute atomic E-state index is 12.5. The molecular formula is C19H25N3O2S2. The lowest BCUT2D eigenvalue weighted by Gasteiger charge is -2.29. The summed E-state index contributed by atoms with van der Waals surface area (Å²) < 4.78 is 22.6. The summed E-state index contributed by atoms with van der Waals surface area (Å²) in [4.78, 5) is 2.36. The van der Waals surface area contributed by atoms with Crippen molar-refractivity contribution in [2.75, 3.05) is 31.1 Å². The van der Waals surface area contributed by atoms with Crippen LogP contribution in [0.5, 0.6) is 10.8 Å². The van der Waals surface area contributed by atoms with Crippen LogP contribution < -0.4 is 19.7 Å². The fraction of sp³-hybridized carbons (Fsp3) is 0.474. The smallest absolute Gasteiger partial charge is 0.231 e. The van der Waals surface area contributed by atoms with Crippen LogP contribution in [0.2, 0.25) is 0 Å². The third kappa shape index (κ3) is 4.53. The lowest BCUT2D eigenvalue weighted by atomic mass is 10.2. The second-order valence-corrected chi connectivity index (χ2v) is 9.30. The number of anilines is 1. The Morgan fingerprint density at radius 1 is 1.15 bits per heavy atom. The Balaban J connectivity index is 1.39.